The zero-order chi connectivity index (χ0) is 9.52. The molecular formula is C11H19NS. The molecular weight excluding hydrogens is 178 g/mol. The van der Waals surface area contributed by atoms with Crippen molar-refractivity contribution >= 4 is 11.3 Å². The zero-order valence-corrected chi connectivity index (χ0v) is 9.36. The van der Waals surface area contributed by atoms with Crippen molar-refractivity contribution in [3.63, 3.8) is 0 Å². The van der Waals surface area contributed by atoms with E-state index >= 15 is 0 Å². The number of thiophene rings is 1. The van der Waals surface area contributed by atoms with E-state index in [9.17, 15) is 0 Å². The summed E-state index contributed by atoms with van der Waals surface area (Å²) in [6.07, 6.45) is 3.74. The molecule has 1 nitrogen and oxygen atoms in total. The van der Waals surface area contributed by atoms with Crippen molar-refractivity contribution < 1.29 is 0 Å². The Kier molecular flexibility index (Phi) is 5.09. The van der Waals surface area contributed by atoms with Crippen molar-refractivity contribution in [1.29, 1.82) is 0 Å². The van der Waals surface area contributed by atoms with Crippen molar-refractivity contribution in [2.24, 2.45) is 0 Å². The van der Waals surface area contributed by atoms with Crippen LogP contribution in [0.4, 0.5) is 0 Å². The first kappa shape index (κ1) is 10.7. The summed E-state index contributed by atoms with van der Waals surface area (Å²) in [5, 5.41) is 5.69. The van der Waals surface area contributed by atoms with Crippen molar-refractivity contribution in [3.8, 4) is 0 Å². The van der Waals surface area contributed by atoms with Gasteiger partial charge in [0.25, 0.3) is 0 Å². The third-order valence-electron chi connectivity index (χ3n) is 2.16. The summed E-state index contributed by atoms with van der Waals surface area (Å²) in [6, 6.07) is 5.04. The van der Waals surface area contributed by atoms with Crippen LogP contribution in [-0.4, -0.2) is 12.6 Å². The molecule has 1 heterocycles. The van der Waals surface area contributed by atoms with Crippen LogP contribution in [0.15, 0.2) is 17.5 Å². The number of nitrogens with one attached hydrogen (secondary N) is 1. The highest BCUT2D eigenvalue weighted by atomic mass is 32.1. The molecule has 0 aromatic carbocycles. The van der Waals surface area contributed by atoms with Crippen molar-refractivity contribution in [3.05, 3.63) is 22.4 Å². The Morgan fingerprint density at radius 2 is 2.31 bits per heavy atom. The third-order valence-corrected chi connectivity index (χ3v) is 3.06. The molecule has 1 N–H and O–H groups in total. The van der Waals surface area contributed by atoms with Gasteiger partial charge in [0.2, 0.25) is 0 Å². The summed E-state index contributed by atoms with van der Waals surface area (Å²) < 4.78 is 0. The molecule has 74 valence electrons. The molecule has 0 spiro atoms. The lowest BCUT2D eigenvalue weighted by atomic mass is 10.1. The van der Waals surface area contributed by atoms with Gasteiger partial charge in [0.15, 0.2) is 0 Å². The minimum absolute atomic E-state index is 0.675. The molecule has 2 heteroatoms. The number of likely N-dealkylation sites (N-methyl/N-ethyl adjacent to an activating group) is 1. The van der Waals surface area contributed by atoms with Gasteiger partial charge in [-0.25, -0.2) is 0 Å². The number of rotatable bonds is 6. The van der Waals surface area contributed by atoms with Gasteiger partial charge in [0.05, 0.1) is 0 Å². The Hall–Kier alpha value is -0.340. The molecule has 1 rings (SSSR count). The standard InChI is InChI=1S/C11H19NS/c1-3-6-10(12-4-2)9-11-7-5-8-13-11/h5,7-8,10,12H,3-4,6,9H2,1-2H3. The summed E-state index contributed by atoms with van der Waals surface area (Å²) in [6.45, 7) is 5.51. The van der Waals surface area contributed by atoms with E-state index in [1.165, 1.54) is 24.1 Å². The van der Waals surface area contributed by atoms with Crippen LogP contribution in [0.5, 0.6) is 0 Å². The quantitative estimate of drug-likeness (QED) is 0.739. The molecule has 0 bridgehead atoms. The average Bonchev–Trinajstić information content (AvgIpc) is 2.58. The van der Waals surface area contributed by atoms with Gasteiger partial charge in [-0.05, 0) is 30.8 Å². The fraction of sp³-hybridized carbons (Fsp3) is 0.636. The third kappa shape index (κ3) is 3.92. The molecule has 13 heavy (non-hydrogen) atoms. The van der Waals surface area contributed by atoms with Crippen LogP contribution < -0.4 is 5.32 Å². The largest absolute Gasteiger partial charge is 0.314 e. The molecule has 0 radical (unpaired) electrons. The van der Waals surface area contributed by atoms with Crippen molar-refractivity contribution in [1.82, 2.24) is 5.32 Å². The summed E-state index contributed by atoms with van der Waals surface area (Å²) in [4.78, 5) is 1.50. The normalized spacial score (nSPS) is 13.1. The van der Waals surface area contributed by atoms with Gasteiger partial charge >= 0.3 is 0 Å². The predicted molar refractivity (Wildman–Crippen MR) is 60.4 cm³/mol. The van der Waals surface area contributed by atoms with E-state index in [-0.39, 0.29) is 0 Å². The molecule has 1 unspecified atom stereocenters. The summed E-state index contributed by atoms with van der Waals surface area (Å²) in [5.74, 6) is 0. The van der Waals surface area contributed by atoms with E-state index in [1.807, 2.05) is 11.3 Å². The maximum atomic E-state index is 3.53. The second kappa shape index (κ2) is 6.17. The van der Waals surface area contributed by atoms with E-state index in [1.54, 1.807) is 0 Å². The number of hydrogen-bond acceptors (Lipinski definition) is 2. The minimum Gasteiger partial charge on any atom is -0.314 e. The second-order valence-corrected chi connectivity index (χ2v) is 4.36. The van der Waals surface area contributed by atoms with Crippen molar-refractivity contribution in [2.75, 3.05) is 6.54 Å². The van der Waals surface area contributed by atoms with Gasteiger partial charge in [-0.15, -0.1) is 11.3 Å². The first-order chi connectivity index (χ1) is 6.36. The topological polar surface area (TPSA) is 12.0 Å². The lowest BCUT2D eigenvalue weighted by Gasteiger charge is -2.15. The first-order valence-electron chi connectivity index (χ1n) is 5.12. The molecule has 0 amide bonds. The number of hydrogen-bond donors (Lipinski definition) is 1. The van der Waals surface area contributed by atoms with Crippen LogP contribution in [0.2, 0.25) is 0 Å². The minimum atomic E-state index is 0.675. The Balaban J connectivity index is 2.37. The molecule has 0 aliphatic heterocycles. The molecule has 1 aromatic rings. The lowest BCUT2D eigenvalue weighted by molar-refractivity contribution is 0.488. The fourth-order valence-corrected chi connectivity index (χ4v) is 2.37. The highest BCUT2D eigenvalue weighted by Crippen LogP contribution is 2.13. The molecule has 0 aliphatic carbocycles. The molecule has 0 aliphatic rings. The molecule has 0 saturated heterocycles. The predicted octanol–water partition coefficient (Wildman–Crippen LogP) is 3.07. The van der Waals surface area contributed by atoms with Crippen LogP contribution in [0.25, 0.3) is 0 Å². The molecule has 1 atom stereocenters. The maximum absolute atomic E-state index is 3.53. The van der Waals surface area contributed by atoms with Crippen LogP contribution in [0.1, 0.15) is 31.6 Å². The average molecular weight is 197 g/mol. The van der Waals surface area contributed by atoms with Gasteiger partial charge in [-0.1, -0.05) is 26.3 Å². The van der Waals surface area contributed by atoms with Crippen LogP contribution in [-0.2, 0) is 6.42 Å². The van der Waals surface area contributed by atoms with Gasteiger partial charge in [0.1, 0.15) is 0 Å². The summed E-state index contributed by atoms with van der Waals surface area (Å²) in [7, 11) is 0. The Morgan fingerprint density at radius 1 is 1.46 bits per heavy atom. The second-order valence-electron chi connectivity index (χ2n) is 3.33. The smallest absolute Gasteiger partial charge is 0.0115 e. The van der Waals surface area contributed by atoms with Gasteiger partial charge in [0, 0.05) is 10.9 Å². The monoisotopic (exact) mass is 197 g/mol. The highest BCUT2D eigenvalue weighted by Gasteiger charge is 2.06. The molecule has 0 saturated carbocycles. The van der Waals surface area contributed by atoms with Gasteiger partial charge in [-0.3, -0.25) is 0 Å². The van der Waals surface area contributed by atoms with Crippen LogP contribution in [0, 0.1) is 0 Å². The Morgan fingerprint density at radius 3 is 2.85 bits per heavy atom. The first-order valence-corrected chi connectivity index (χ1v) is 6.00. The van der Waals surface area contributed by atoms with Gasteiger partial charge < -0.3 is 5.32 Å². The van der Waals surface area contributed by atoms with Crippen LogP contribution in [0.3, 0.4) is 0 Å². The van der Waals surface area contributed by atoms with Crippen LogP contribution >= 0.6 is 11.3 Å². The molecule has 0 fully saturated rings. The van der Waals surface area contributed by atoms with E-state index in [0.29, 0.717) is 6.04 Å². The van der Waals surface area contributed by atoms with E-state index in [0.717, 1.165) is 6.54 Å². The van der Waals surface area contributed by atoms with E-state index in [4.69, 9.17) is 0 Å². The highest BCUT2D eigenvalue weighted by molar-refractivity contribution is 7.09. The SMILES string of the molecule is CCCC(Cc1cccs1)NCC. The van der Waals surface area contributed by atoms with Gasteiger partial charge in [-0.2, -0.15) is 0 Å². The zero-order valence-electron chi connectivity index (χ0n) is 8.55. The Bertz CT molecular complexity index is 200. The maximum Gasteiger partial charge on any atom is 0.0115 e. The molecule has 1 aromatic heterocycles. The summed E-state index contributed by atoms with van der Waals surface area (Å²) in [5.41, 5.74) is 0. The Labute approximate surface area is 85.2 Å². The fourth-order valence-electron chi connectivity index (χ4n) is 1.59. The summed E-state index contributed by atoms with van der Waals surface area (Å²) >= 11 is 1.86. The van der Waals surface area contributed by atoms with Crippen molar-refractivity contribution in [2.45, 2.75) is 39.2 Å². The van der Waals surface area contributed by atoms with E-state index in [2.05, 4.69) is 36.7 Å². The van der Waals surface area contributed by atoms with E-state index < -0.39 is 0 Å². The lowest BCUT2D eigenvalue weighted by Crippen LogP contribution is -2.30.